The molecule has 0 amide bonds. The van der Waals surface area contributed by atoms with Crippen molar-refractivity contribution in [3.63, 3.8) is 0 Å². The normalized spacial score (nSPS) is 12.2. The largest absolute Gasteiger partial charge is 0.299 e. The lowest BCUT2D eigenvalue weighted by Gasteiger charge is -2.07. The first-order valence-corrected chi connectivity index (χ1v) is 7.05. The van der Waals surface area contributed by atoms with Crippen LogP contribution in [0, 0.1) is 5.92 Å². The molecule has 1 aromatic carbocycles. The van der Waals surface area contributed by atoms with Crippen molar-refractivity contribution in [1.82, 2.24) is 0 Å². The summed E-state index contributed by atoms with van der Waals surface area (Å²) in [4.78, 5) is 23.5. The molecule has 4 heteroatoms. The Morgan fingerprint density at radius 3 is 2.41 bits per heavy atom. The second kappa shape index (κ2) is 6.45. The van der Waals surface area contributed by atoms with Gasteiger partial charge in [-0.1, -0.05) is 19.9 Å². The van der Waals surface area contributed by atoms with Crippen LogP contribution < -0.4 is 0 Å². The molecule has 92 valence electrons. The molecular weight excluding hydrogens is 348 g/mol. The third kappa shape index (κ3) is 4.03. The van der Waals surface area contributed by atoms with Crippen LogP contribution in [0.1, 0.15) is 37.0 Å². The van der Waals surface area contributed by atoms with Gasteiger partial charge < -0.3 is 0 Å². The van der Waals surface area contributed by atoms with Crippen molar-refractivity contribution in [1.29, 1.82) is 0 Å². The lowest BCUT2D eigenvalue weighted by Crippen LogP contribution is -2.15. The van der Waals surface area contributed by atoms with Crippen LogP contribution in [-0.2, 0) is 4.79 Å². The van der Waals surface area contributed by atoms with E-state index in [4.69, 9.17) is 0 Å². The molecule has 1 atom stereocenters. The van der Waals surface area contributed by atoms with Gasteiger partial charge in [0.2, 0.25) is 0 Å². The van der Waals surface area contributed by atoms with E-state index in [1.54, 1.807) is 18.2 Å². The van der Waals surface area contributed by atoms with E-state index in [1.807, 2.05) is 13.8 Å². The van der Waals surface area contributed by atoms with Crippen LogP contribution in [0.25, 0.3) is 0 Å². The lowest BCUT2D eigenvalue weighted by atomic mass is 9.97. The van der Waals surface area contributed by atoms with Gasteiger partial charge in [-0.2, -0.15) is 0 Å². The Hall–Kier alpha value is -0.480. The molecule has 0 saturated heterocycles. The zero-order valence-corrected chi connectivity index (χ0v) is 13.0. The molecule has 0 heterocycles. The predicted octanol–water partition coefficient (Wildman–Crippen LogP) is 4.40. The van der Waals surface area contributed by atoms with Crippen LogP contribution >= 0.6 is 31.9 Å². The zero-order valence-electron chi connectivity index (χ0n) is 9.80. The average Bonchev–Trinajstić information content (AvgIpc) is 2.31. The monoisotopic (exact) mass is 360 g/mol. The summed E-state index contributed by atoms with van der Waals surface area (Å²) >= 11 is 6.68. The number of halogens is 2. The molecule has 17 heavy (non-hydrogen) atoms. The van der Waals surface area contributed by atoms with Gasteiger partial charge in [-0.15, -0.1) is 0 Å². The van der Waals surface area contributed by atoms with Crippen molar-refractivity contribution >= 4 is 43.4 Å². The molecule has 0 bridgehead atoms. The molecule has 0 saturated carbocycles. The molecular formula is C13H14Br2O2. The maximum atomic E-state index is 11.9. The number of ketones is 2. The van der Waals surface area contributed by atoms with Crippen LogP contribution in [0.2, 0.25) is 0 Å². The molecule has 0 fully saturated rings. The van der Waals surface area contributed by atoms with E-state index in [1.165, 1.54) is 0 Å². The van der Waals surface area contributed by atoms with Gasteiger partial charge in [-0.25, -0.2) is 0 Å². The molecule has 1 unspecified atom stereocenters. The minimum absolute atomic E-state index is 0.0107. The highest BCUT2D eigenvalue weighted by Gasteiger charge is 2.16. The van der Waals surface area contributed by atoms with Gasteiger partial charge >= 0.3 is 0 Å². The number of Topliss-reactive ketones (excluding diaryl/α,β-unsaturated/α-hetero) is 2. The highest BCUT2D eigenvalue weighted by Crippen LogP contribution is 2.24. The van der Waals surface area contributed by atoms with Crippen LogP contribution in [0.5, 0.6) is 0 Å². The first-order valence-electron chi connectivity index (χ1n) is 5.46. The minimum Gasteiger partial charge on any atom is -0.299 e. The van der Waals surface area contributed by atoms with E-state index >= 15 is 0 Å². The Kier molecular flexibility index (Phi) is 5.53. The first-order chi connectivity index (χ1) is 7.95. The number of hydrogen-bond acceptors (Lipinski definition) is 2. The zero-order chi connectivity index (χ0) is 13.0. The third-order valence-corrected chi connectivity index (χ3v) is 4.62. The number of hydrogen-bond donors (Lipinski definition) is 0. The van der Waals surface area contributed by atoms with Crippen molar-refractivity contribution in [3.05, 3.63) is 32.7 Å². The van der Waals surface area contributed by atoms with Crippen LogP contribution in [-0.4, -0.2) is 11.6 Å². The maximum Gasteiger partial charge on any atom is 0.170 e. The molecule has 0 radical (unpaired) electrons. The molecule has 1 aromatic rings. The average molecular weight is 362 g/mol. The summed E-state index contributed by atoms with van der Waals surface area (Å²) in [5.41, 5.74) is 0.566. The van der Waals surface area contributed by atoms with Gasteiger partial charge in [0.15, 0.2) is 5.78 Å². The van der Waals surface area contributed by atoms with Crippen molar-refractivity contribution in [2.24, 2.45) is 5.92 Å². The fraction of sp³-hybridized carbons (Fsp3) is 0.385. The van der Waals surface area contributed by atoms with Crippen molar-refractivity contribution in [2.75, 3.05) is 0 Å². The van der Waals surface area contributed by atoms with E-state index in [9.17, 15) is 9.59 Å². The quantitative estimate of drug-likeness (QED) is 0.575. The van der Waals surface area contributed by atoms with E-state index in [-0.39, 0.29) is 23.9 Å². The molecule has 0 N–H and O–H groups in total. The SMILES string of the molecule is CCC(C)C(=O)CC(=O)c1ccc(Br)c(Br)c1. The summed E-state index contributed by atoms with van der Waals surface area (Å²) in [5, 5.41) is 0. The summed E-state index contributed by atoms with van der Waals surface area (Å²) in [6.45, 7) is 3.80. The maximum absolute atomic E-state index is 11.9. The standard InChI is InChI=1S/C13H14Br2O2/c1-3-8(2)12(16)7-13(17)9-4-5-10(14)11(15)6-9/h4-6,8H,3,7H2,1-2H3. The second-order valence-corrected chi connectivity index (χ2v) is 5.71. The molecule has 2 nitrogen and oxygen atoms in total. The Morgan fingerprint density at radius 1 is 1.24 bits per heavy atom. The molecule has 0 aliphatic rings. The van der Waals surface area contributed by atoms with Crippen LogP contribution in [0.4, 0.5) is 0 Å². The number of carbonyl (C=O) groups is 2. The molecule has 1 rings (SSSR count). The van der Waals surface area contributed by atoms with E-state index in [2.05, 4.69) is 31.9 Å². The molecule has 0 aromatic heterocycles. The summed E-state index contributed by atoms with van der Waals surface area (Å²) in [6, 6.07) is 5.25. The second-order valence-electron chi connectivity index (χ2n) is 4.00. The van der Waals surface area contributed by atoms with E-state index in [0.29, 0.717) is 5.56 Å². The van der Waals surface area contributed by atoms with Crippen molar-refractivity contribution < 1.29 is 9.59 Å². The fourth-order valence-corrected chi connectivity index (χ4v) is 1.96. The summed E-state index contributed by atoms with van der Waals surface area (Å²) < 4.78 is 1.71. The number of carbonyl (C=O) groups excluding carboxylic acids is 2. The predicted molar refractivity (Wildman–Crippen MR) is 75.3 cm³/mol. The van der Waals surface area contributed by atoms with E-state index in [0.717, 1.165) is 15.4 Å². The van der Waals surface area contributed by atoms with Gasteiger partial charge in [-0.05, 0) is 50.4 Å². The Morgan fingerprint density at radius 2 is 1.88 bits per heavy atom. The minimum atomic E-state index is -0.122. The third-order valence-electron chi connectivity index (χ3n) is 2.74. The Labute approximate surface area is 118 Å². The Balaban J connectivity index is 2.77. The van der Waals surface area contributed by atoms with Gasteiger partial charge in [0.1, 0.15) is 5.78 Å². The fourth-order valence-electron chi connectivity index (χ4n) is 1.33. The lowest BCUT2D eigenvalue weighted by molar-refractivity contribution is -0.121. The van der Waals surface area contributed by atoms with Gasteiger partial charge in [0, 0.05) is 20.4 Å². The Bertz CT molecular complexity index is 441. The van der Waals surface area contributed by atoms with Gasteiger partial charge in [0.25, 0.3) is 0 Å². The highest BCUT2D eigenvalue weighted by atomic mass is 79.9. The molecule has 0 aliphatic heterocycles. The summed E-state index contributed by atoms with van der Waals surface area (Å²) in [7, 11) is 0. The summed E-state index contributed by atoms with van der Waals surface area (Å²) in [6.07, 6.45) is 0.763. The van der Waals surface area contributed by atoms with Crippen molar-refractivity contribution in [2.45, 2.75) is 26.7 Å². The molecule has 0 spiro atoms. The first kappa shape index (κ1) is 14.6. The van der Waals surface area contributed by atoms with E-state index < -0.39 is 0 Å². The van der Waals surface area contributed by atoms with Crippen LogP contribution in [0.3, 0.4) is 0 Å². The smallest absolute Gasteiger partial charge is 0.170 e. The van der Waals surface area contributed by atoms with Crippen molar-refractivity contribution in [3.8, 4) is 0 Å². The summed E-state index contributed by atoms with van der Waals surface area (Å²) in [5.74, 6) is -0.155. The number of rotatable bonds is 5. The van der Waals surface area contributed by atoms with Crippen LogP contribution in [0.15, 0.2) is 27.1 Å². The van der Waals surface area contributed by atoms with Gasteiger partial charge in [0.05, 0.1) is 6.42 Å². The highest BCUT2D eigenvalue weighted by molar-refractivity contribution is 9.13. The topological polar surface area (TPSA) is 34.1 Å². The number of benzene rings is 1. The van der Waals surface area contributed by atoms with Gasteiger partial charge in [-0.3, -0.25) is 9.59 Å². The molecule has 0 aliphatic carbocycles.